The van der Waals surface area contributed by atoms with Crippen LogP contribution < -0.4 is 16.0 Å². The van der Waals surface area contributed by atoms with Gasteiger partial charge in [-0.2, -0.15) is 0 Å². The molecular formula is C16H23N3O4. The molecule has 0 radical (unpaired) electrons. The lowest BCUT2D eigenvalue weighted by Gasteiger charge is -2.21. The number of ether oxygens (including phenoxy) is 1. The Balaban J connectivity index is 2.35. The van der Waals surface area contributed by atoms with Gasteiger partial charge in [0.2, 0.25) is 11.8 Å². The molecule has 23 heavy (non-hydrogen) atoms. The smallest absolute Gasteiger partial charge is 0.408 e. The first-order valence-corrected chi connectivity index (χ1v) is 7.29. The second-order valence-electron chi connectivity index (χ2n) is 6.00. The number of benzene rings is 1. The molecule has 3 N–H and O–H groups in total. The van der Waals surface area contributed by atoms with Crippen LogP contribution in [-0.2, 0) is 14.3 Å². The van der Waals surface area contributed by atoms with Gasteiger partial charge in [-0.25, -0.2) is 4.79 Å². The normalized spacial score (nSPS) is 12.0. The summed E-state index contributed by atoms with van der Waals surface area (Å²) in [4.78, 5) is 35.1. The molecule has 0 aliphatic carbocycles. The molecule has 126 valence electrons. The van der Waals surface area contributed by atoms with Gasteiger partial charge in [-0.3, -0.25) is 9.59 Å². The van der Waals surface area contributed by atoms with Gasteiger partial charge in [-0.05, 0) is 39.8 Å². The fraction of sp³-hybridized carbons (Fsp3) is 0.438. The van der Waals surface area contributed by atoms with Crippen molar-refractivity contribution in [3.8, 4) is 0 Å². The summed E-state index contributed by atoms with van der Waals surface area (Å²) in [7, 11) is 0. The molecule has 0 aromatic heterocycles. The summed E-state index contributed by atoms with van der Waals surface area (Å²) in [6, 6.07) is 8.09. The van der Waals surface area contributed by atoms with Gasteiger partial charge >= 0.3 is 6.09 Å². The molecule has 3 amide bonds. The summed E-state index contributed by atoms with van der Waals surface area (Å²) >= 11 is 0. The lowest BCUT2D eigenvalue weighted by atomic mass is 10.2. The Morgan fingerprint density at radius 1 is 1.13 bits per heavy atom. The van der Waals surface area contributed by atoms with Gasteiger partial charge in [0.05, 0.1) is 6.54 Å². The summed E-state index contributed by atoms with van der Waals surface area (Å²) in [6.07, 6.45) is -0.686. The molecule has 1 atom stereocenters. The van der Waals surface area contributed by atoms with Crippen LogP contribution in [0.15, 0.2) is 30.3 Å². The molecule has 0 bridgehead atoms. The van der Waals surface area contributed by atoms with Crippen molar-refractivity contribution >= 4 is 23.6 Å². The molecule has 0 aliphatic heterocycles. The Hall–Kier alpha value is -2.57. The summed E-state index contributed by atoms with van der Waals surface area (Å²) in [5, 5.41) is 7.50. The van der Waals surface area contributed by atoms with Crippen molar-refractivity contribution < 1.29 is 19.1 Å². The Morgan fingerprint density at radius 3 is 2.30 bits per heavy atom. The van der Waals surface area contributed by atoms with Crippen molar-refractivity contribution in [2.45, 2.75) is 39.3 Å². The van der Waals surface area contributed by atoms with Crippen molar-refractivity contribution in [1.82, 2.24) is 10.6 Å². The minimum Gasteiger partial charge on any atom is -0.444 e. The second kappa shape index (κ2) is 8.17. The van der Waals surface area contributed by atoms with Crippen LogP contribution >= 0.6 is 0 Å². The van der Waals surface area contributed by atoms with E-state index in [1.807, 2.05) is 6.07 Å². The van der Waals surface area contributed by atoms with Crippen molar-refractivity contribution in [3.05, 3.63) is 30.3 Å². The van der Waals surface area contributed by atoms with Crippen LogP contribution in [0.1, 0.15) is 27.7 Å². The molecule has 0 saturated heterocycles. The maximum Gasteiger partial charge on any atom is 0.408 e. The quantitative estimate of drug-likeness (QED) is 0.768. The third-order valence-corrected chi connectivity index (χ3v) is 2.61. The van der Waals surface area contributed by atoms with E-state index in [0.717, 1.165) is 0 Å². The number of hydrogen-bond donors (Lipinski definition) is 3. The van der Waals surface area contributed by atoms with Gasteiger partial charge in [-0.15, -0.1) is 0 Å². The van der Waals surface area contributed by atoms with E-state index in [2.05, 4.69) is 16.0 Å². The topological polar surface area (TPSA) is 96.5 Å². The largest absolute Gasteiger partial charge is 0.444 e. The summed E-state index contributed by atoms with van der Waals surface area (Å²) in [6.45, 7) is 6.50. The highest BCUT2D eigenvalue weighted by Gasteiger charge is 2.21. The zero-order chi connectivity index (χ0) is 17.5. The van der Waals surface area contributed by atoms with Gasteiger partial charge in [0, 0.05) is 5.69 Å². The molecule has 0 aliphatic rings. The van der Waals surface area contributed by atoms with Crippen molar-refractivity contribution in [2.24, 2.45) is 0 Å². The standard InChI is InChI=1S/C16H23N3O4/c1-11(18-15(22)23-16(2,3)4)14(21)17-10-13(20)19-12-8-6-5-7-9-12/h5-9,11H,10H2,1-4H3,(H,17,21)(H,18,22)(H,19,20)/t11-/m0/s1. The molecule has 0 fully saturated rings. The number of carbonyl (C=O) groups excluding carboxylic acids is 3. The summed E-state index contributed by atoms with van der Waals surface area (Å²) in [5.74, 6) is -0.826. The first kappa shape index (κ1) is 18.5. The maximum absolute atomic E-state index is 11.8. The fourth-order valence-corrected chi connectivity index (χ4v) is 1.60. The molecule has 7 nitrogen and oxygen atoms in total. The molecule has 0 unspecified atom stereocenters. The number of rotatable bonds is 5. The first-order valence-electron chi connectivity index (χ1n) is 7.29. The minimum atomic E-state index is -0.811. The molecule has 1 aromatic carbocycles. The van der Waals surface area contributed by atoms with Gasteiger partial charge in [0.15, 0.2) is 0 Å². The lowest BCUT2D eigenvalue weighted by molar-refractivity contribution is -0.125. The van der Waals surface area contributed by atoms with Crippen molar-refractivity contribution in [3.63, 3.8) is 0 Å². The molecule has 0 spiro atoms. The third kappa shape index (κ3) is 7.85. The average Bonchev–Trinajstić information content (AvgIpc) is 2.43. The first-order chi connectivity index (χ1) is 10.7. The van der Waals surface area contributed by atoms with Crippen molar-refractivity contribution in [2.75, 3.05) is 11.9 Å². The Bertz CT molecular complexity index is 552. The van der Waals surface area contributed by atoms with Gasteiger partial charge < -0.3 is 20.7 Å². The molecule has 0 heterocycles. The van der Waals surface area contributed by atoms with E-state index in [-0.39, 0.29) is 12.5 Å². The van der Waals surface area contributed by atoms with Crippen LogP contribution in [-0.4, -0.2) is 36.1 Å². The molecule has 7 heteroatoms. The predicted molar refractivity (Wildman–Crippen MR) is 86.9 cm³/mol. The van der Waals surface area contributed by atoms with Crippen LogP contribution in [0, 0.1) is 0 Å². The SMILES string of the molecule is C[C@H](NC(=O)OC(C)(C)C)C(=O)NCC(=O)Nc1ccccc1. The fourth-order valence-electron chi connectivity index (χ4n) is 1.60. The third-order valence-electron chi connectivity index (χ3n) is 2.61. The maximum atomic E-state index is 11.8. The number of carbonyl (C=O) groups is 3. The average molecular weight is 321 g/mol. The highest BCUT2D eigenvalue weighted by Crippen LogP contribution is 2.06. The predicted octanol–water partition coefficient (Wildman–Crippen LogP) is 1.65. The number of anilines is 1. The van der Waals surface area contributed by atoms with E-state index in [0.29, 0.717) is 5.69 Å². The monoisotopic (exact) mass is 321 g/mol. The Morgan fingerprint density at radius 2 is 1.74 bits per heavy atom. The van der Waals surface area contributed by atoms with Crippen LogP contribution in [0.3, 0.4) is 0 Å². The summed E-state index contributed by atoms with van der Waals surface area (Å²) in [5.41, 5.74) is 0.00206. The highest BCUT2D eigenvalue weighted by atomic mass is 16.6. The van der Waals surface area contributed by atoms with Gasteiger partial charge in [0.1, 0.15) is 11.6 Å². The second-order valence-corrected chi connectivity index (χ2v) is 6.00. The number of alkyl carbamates (subject to hydrolysis) is 1. The van der Waals surface area contributed by atoms with Gasteiger partial charge in [-0.1, -0.05) is 18.2 Å². The zero-order valence-corrected chi connectivity index (χ0v) is 13.8. The summed E-state index contributed by atoms with van der Waals surface area (Å²) < 4.78 is 5.05. The van der Waals surface area contributed by atoms with E-state index in [9.17, 15) is 14.4 Å². The van der Waals surface area contributed by atoms with E-state index in [4.69, 9.17) is 4.74 Å². The van der Waals surface area contributed by atoms with E-state index >= 15 is 0 Å². The minimum absolute atomic E-state index is 0.186. The lowest BCUT2D eigenvalue weighted by Crippen LogP contribution is -2.47. The zero-order valence-electron chi connectivity index (χ0n) is 13.8. The number of hydrogen-bond acceptors (Lipinski definition) is 4. The number of para-hydroxylation sites is 1. The van der Waals surface area contributed by atoms with Crippen LogP contribution in [0.4, 0.5) is 10.5 Å². The molecular weight excluding hydrogens is 298 g/mol. The Kier molecular flexibility index (Phi) is 6.56. The number of amides is 3. The highest BCUT2D eigenvalue weighted by molar-refractivity contribution is 5.95. The van der Waals surface area contributed by atoms with Gasteiger partial charge in [0.25, 0.3) is 0 Å². The van der Waals surface area contributed by atoms with Crippen LogP contribution in [0.2, 0.25) is 0 Å². The van der Waals surface area contributed by atoms with Crippen LogP contribution in [0.25, 0.3) is 0 Å². The molecule has 1 aromatic rings. The molecule has 1 rings (SSSR count). The van der Waals surface area contributed by atoms with E-state index < -0.39 is 23.6 Å². The van der Waals surface area contributed by atoms with E-state index in [1.54, 1.807) is 45.0 Å². The Labute approximate surface area is 135 Å². The number of nitrogens with one attached hydrogen (secondary N) is 3. The van der Waals surface area contributed by atoms with E-state index in [1.165, 1.54) is 6.92 Å². The molecule has 0 saturated carbocycles. The van der Waals surface area contributed by atoms with Crippen LogP contribution in [0.5, 0.6) is 0 Å². The van der Waals surface area contributed by atoms with Crippen molar-refractivity contribution in [1.29, 1.82) is 0 Å².